The van der Waals surface area contributed by atoms with Crippen molar-refractivity contribution in [2.45, 2.75) is 57.2 Å². The monoisotopic (exact) mass is 575 g/mol. The first-order valence-corrected chi connectivity index (χ1v) is 14.1. The van der Waals surface area contributed by atoms with Crippen molar-refractivity contribution in [1.29, 1.82) is 0 Å². The molecule has 0 bridgehead atoms. The van der Waals surface area contributed by atoms with Crippen molar-refractivity contribution >= 4 is 29.0 Å². The Morgan fingerprint density at radius 1 is 1.05 bits per heavy atom. The Morgan fingerprint density at radius 3 is 2.26 bits per heavy atom. The van der Waals surface area contributed by atoms with Crippen molar-refractivity contribution in [2.24, 2.45) is 35.1 Å². The van der Waals surface area contributed by atoms with E-state index in [0.717, 1.165) is 16.7 Å². The first kappa shape index (κ1) is 29.8. The molecule has 0 saturated heterocycles. The van der Waals surface area contributed by atoms with E-state index in [-0.39, 0.29) is 36.1 Å². The van der Waals surface area contributed by atoms with Crippen LogP contribution in [0, 0.1) is 23.7 Å². The molecule has 3 aliphatic carbocycles. The number of aromatic hydroxyl groups is 1. The maximum atomic E-state index is 14.0. The summed E-state index contributed by atoms with van der Waals surface area (Å²) >= 11 is 0. The minimum absolute atomic E-state index is 0.00823. The fourth-order valence-corrected chi connectivity index (χ4v) is 7.35. The molecule has 3 unspecified atom stereocenters. The van der Waals surface area contributed by atoms with Crippen molar-refractivity contribution in [2.75, 3.05) is 14.1 Å². The van der Waals surface area contributed by atoms with Gasteiger partial charge in [0.1, 0.15) is 5.75 Å². The van der Waals surface area contributed by atoms with Gasteiger partial charge in [-0.3, -0.25) is 28.9 Å². The fourth-order valence-electron chi connectivity index (χ4n) is 7.35. The summed E-state index contributed by atoms with van der Waals surface area (Å²) in [7, 11) is 3.11. The number of likely N-dealkylation sites (N-methyl/N-ethyl adjacent to an activating group) is 1. The first-order valence-electron chi connectivity index (χ1n) is 14.1. The van der Waals surface area contributed by atoms with Crippen LogP contribution in [0.2, 0.25) is 0 Å². The Morgan fingerprint density at radius 2 is 1.69 bits per heavy atom. The number of phenolic OH excluding ortho intramolecular Hbond substituents is 1. The number of benzene rings is 2. The Balaban J connectivity index is 1.66. The molecule has 2 saturated carbocycles. The summed E-state index contributed by atoms with van der Waals surface area (Å²) in [5, 5.41) is 22.6. The van der Waals surface area contributed by atoms with Gasteiger partial charge < -0.3 is 21.7 Å². The zero-order valence-electron chi connectivity index (χ0n) is 24.4. The van der Waals surface area contributed by atoms with Gasteiger partial charge in [0.2, 0.25) is 5.91 Å². The van der Waals surface area contributed by atoms with Gasteiger partial charge >= 0.3 is 0 Å². The predicted molar refractivity (Wildman–Crippen MR) is 153 cm³/mol. The van der Waals surface area contributed by atoms with E-state index in [1.807, 2.05) is 18.2 Å². The summed E-state index contributed by atoms with van der Waals surface area (Å²) in [5.74, 6) is -10.7. The highest BCUT2D eigenvalue weighted by atomic mass is 16.3. The minimum Gasteiger partial charge on any atom is -0.507 e. The zero-order chi connectivity index (χ0) is 31.0. The fraction of sp³-hybridized carbons (Fsp3) is 0.469. The standard InChI is InChI=1S/C32H37N3O7/c1-31(2,3)16-6-7-17(15(10-16)13-33)18-8-9-21(36)23-19(18)11-14-12-20-25(35(4)5)27(38)24(30(34)41)29(40)32(20,42)28(39)22(14)26(23)37/h6-10,14,20,22,24-25,36,42H,11-13,33H2,1-5H3,(H2,34,41)/t14-,20-,22?,24?,25?,32-/m1/s1. The second kappa shape index (κ2) is 9.93. The number of rotatable bonds is 4. The molecule has 222 valence electrons. The van der Waals surface area contributed by atoms with Gasteiger partial charge in [-0.2, -0.15) is 0 Å². The second-order valence-electron chi connectivity index (χ2n) is 13.1. The van der Waals surface area contributed by atoms with Crippen molar-refractivity contribution < 1.29 is 34.2 Å². The number of nitrogens with zero attached hydrogens (tertiary/aromatic N) is 1. The first-order chi connectivity index (χ1) is 19.5. The Hall–Kier alpha value is -3.73. The molecule has 2 aromatic rings. The molecule has 2 fully saturated rings. The molecule has 6 N–H and O–H groups in total. The van der Waals surface area contributed by atoms with E-state index in [1.165, 1.54) is 11.0 Å². The summed E-state index contributed by atoms with van der Waals surface area (Å²) in [6.45, 7) is 6.52. The number of amides is 1. The summed E-state index contributed by atoms with van der Waals surface area (Å²) in [6.07, 6.45) is 0.173. The van der Waals surface area contributed by atoms with E-state index in [1.54, 1.807) is 20.2 Å². The number of hydrogen-bond acceptors (Lipinski definition) is 9. The molecule has 5 rings (SSSR count). The van der Waals surface area contributed by atoms with Crippen LogP contribution in [-0.4, -0.2) is 69.9 Å². The van der Waals surface area contributed by atoms with Crippen LogP contribution in [0.15, 0.2) is 30.3 Å². The lowest BCUT2D eigenvalue weighted by atomic mass is 9.52. The van der Waals surface area contributed by atoms with E-state index in [4.69, 9.17) is 11.5 Å². The smallest absolute Gasteiger partial charge is 0.235 e. The van der Waals surface area contributed by atoms with Crippen molar-refractivity contribution in [3.8, 4) is 16.9 Å². The second-order valence-corrected chi connectivity index (χ2v) is 13.1. The predicted octanol–water partition coefficient (Wildman–Crippen LogP) is 1.29. The minimum atomic E-state index is -2.75. The van der Waals surface area contributed by atoms with Crippen LogP contribution in [0.4, 0.5) is 0 Å². The quantitative estimate of drug-likeness (QED) is 0.391. The SMILES string of the molecule is CN(C)C1C(=O)C(C(N)=O)C(=O)[C@]2(O)C(=O)C3C(=O)c4c(O)ccc(-c5ccc(C(C)(C)C)cc5CN)c4C[C@@H]3C[C@H]12. The van der Waals surface area contributed by atoms with E-state index < -0.39 is 64.4 Å². The summed E-state index contributed by atoms with van der Waals surface area (Å²) in [6, 6.07) is 7.95. The highest BCUT2D eigenvalue weighted by molar-refractivity contribution is 6.32. The van der Waals surface area contributed by atoms with Gasteiger partial charge in [-0.25, -0.2) is 0 Å². The average Bonchev–Trinajstić information content (AvgIpc) is 2.89. The zero-order valence-corrected chi connectivity index (χ0v) is 24.4. The normalized spacial score (nSPS) is 29.3. The van der Waals surface area contributed by atoms with Gasteiger partial charge in [-0.1, -0.05) is 45.0 Å². The van der Waals surface area contributed by atoms with Crippen molar-refractivity contribution in [3.63, 3.8) is 0 Å². The lowest BCUT2D eigenvalue weighted by molar-refractivity contribution is -0.181. The molecule has 0 aliphatic heterocycles. The van der Waals surface area contributed by atoms with Crippen LogP contribution < -0.4 is 11.5 Å². The average molecular weight is 576 g/mol. The molecular weight excluding hydrogens is 538 g/mol. The van der Waals surface area contributed by atoms with Gasteiger partial charge in [0.05, 0.1) is 17.5 Å². The maximum Gasteiger partial charge on any atom is 0.235 e. The van der Waals surface area contributed by atoms with Gasteiger partial charge in [0, 0.05) is 12.5 Å². The molecule has 6 atom stereocenters. The topological polar surface area (TPSA) is 181 Å². The highest BCUT2D eigenvalue weighted by Crippen LogP contribution is 2.52. The lowest BCUT2D eigenvalue weighted by Gasteiger charge is -2.52. The van der Waals surface area contributed by atoms with Crippen LogP contribution >= 0.6 is 0 Å². The molecule has 0 aromatic heterocycles. The van der Waals surface area contributed by atoms with Gasteiger partial charge in [0.25, 0.3) is 0 Å². The molecule has 42 heavy (non-hydrogen) atoms. The molecule has 0 heterocycles. The van der Waals surface area contributed by atoms with Gasteiger partial charge in [-0.15, -0.1) is 0 Å². The highest BCUT2D eigenvalue weighted by Gasteiger charge is 2.69. The number of carbonyl (C=O) groups is 5. The third-order valence-electron chi connectivity index (χ3n) is 9.43. The van der Waals surface area contributed by atoms with Crippen molar-refractivity contribution in [1.82, 2.24) is 4.90 Å². The van der Waals surface area contributed by atoms with E-state index >= 15 is 0 Å². The number of phenols is 1. The van der Waals surface area contributed by atoms with E-state index in [9.17, 15) is 34.2 Å². The molecule has 0 radical (unpaired) electrons. The molecule has 0 spiro atoms. The summed E-state index contributed by atoms with van der Waals surface area (Å²) < 4.78 is 0. The number of ketones is 4. The Bertz CT molecular complexity index is 1560. The van der Waals surface area contributed by atoms with Crippen LogP contribution in [0.25, 0.3) is 11.1 Å². The number of aliphatic hydroxyl groups is 1. The number of primary amides is 1. The van der Waals surface area contributed by atoms with E-state index in [0.29, 0.717) is 11.1 Å². The number of hydrogen-bond donors (Lipinski definition) is 4. The maximum absolute atomic E-state index is 14.0. The molecule has 3 aliphatic rings. The van der Waals surface area contributed by atoms with Crippen LogP contribution in [0.5, 0.6) is 5.75 Å². The molecule has 2 aromatic carbocycles. The number of nitrogens with two attached hydrogens (primary N) is 2. The van der Waals surface area contributed by atoms with Crippen LogP contribution in [-0.2, 0) is 37.6 Å². The number of carbonyl (C=O) groups excluding carboxylic acids is 5. The molecule has 10 nitrogen and oxygen atoms in total. The largest absolute Gasteiger partial charge is 0.507 e. The third-order valence-corrected chi connectivity index (χ3v) is 9.43. The lowest BCUT2D eigenvalue weighted by Crippen LogP contribution is -2.74. The van der Waals surface area contributed by atoms with Crippen LogP contribution in [0.1, 0.15) is 54.2 Å². The molecule has 10 heteroatoms. The third kappa shape index (κ3) is 4.15. The Labute approximate surface area is 244 Å². The van der Waals surface area contributed by atoms with Gasteiger partial charge in [-0.05, 0) is 72.2 Å². The van der Waals surface area contributed by atoms with E-state index in [2.05, 4.69) is 20.8 Å². The summed E-state index contributed by atoms with van der Waals surface area (Å²) in [4.78, 5) is 68.4. The number of Topliss-reactive ketones (excluding diaryl/α,β-unsaturated/α-hetero) is 4. The van der Waals surface area contributed by atoms with Gasteiger partial charge in [0.15, 0.2) is 34.7 Å². The Kier molecular flexibility index (Phi) is 7.03. The number of fused-ring (bicyclic) bond motifs is 3. The summed E-state index contributed by atoms with van der Waals surface area (Å²) in [5.41, 5.74) is 12.6. The van der Waals surface area contributed by atoms with Crippen molar-refractivity contribution in [3.05, 3.63) is 52.6 Å². The molecule has 1 amide bonds. The molecular formula is C32H37N3O7. The van der Waals surface area contributed by atoms with Crippen LogP contribution in [0.3, 0.4) is 0 Å².